The normalized spacial score (nSPS) is 21.4. The minimum atomic E-state index is -0.609. The number of hydrogen-bond acceptors (Lipinski definition) is 3. The molecule has 0 aliphatic heterocycles. The molecule has 0 heterocycles. The maximum atomic E-state index is 9.55. The van der Waals surface area contributed by atoms with Gasteiger partial charge in [0.05, 0.1) is 12.2 Å². The summed E-state index contributed by atoms with van der Waals surface area (Å²) in [6, 6.07) is 0. The van der Waals surface area contributed by atoms with Crippen molar-refractivity contribution in [3.05, 3.63) is 0 Å². The highest BCUT2D eigenvalue weighted by Crippen LogP contribution is 2.29. The van der Waals surface area contributed by atoms with Crippen molar-refractivity contribution in [3.8, 4) is 0 Å². The Hall–Kier alpha value is -0.120. The highest BCUT2D eigenvalue weighted by molar-refractivity contribution is 4.92. The molecular weight excluding hydrogens is 178 g/mol. The molecule has 1 fully saturated rings. The van der Waals surface area contributed by atoms with Crippen LogP contribution in [0.1, 0.15) is 46.0 Å². The SMILES string of the molecule is CC(C)(O)CCNC1(CO)CCCC1. The zero-order chi connectivity index (χ0) is 10.7. The van der Waals surface area contributed by atoms with E-state index in [2.05, 4.69) is 5.32 Å². The van der Waals surface area contributed by atoms with Crippen LogP contribution in [-0.4, -0.2) is 34.5 Å². The molecule has 1 saturated carbocycles. The van der Waals surface area contributed by atoms with Gasteiger partial charge in [-0.15, -0.1) is 0 Å². The van der Waals surface area contributed by atoms with E-state index in [0.29, 0.717) is 0 Å². The summed E-state index contributed by atoms with van der Waals surface area (Å²) in [6.07, 6.45) is 5.27. The summed E-state index contributed by atoms with van der Waals surface area (Å²) in [4.78, 5) is 0. The van der Waals surface area contributed by atoms with E-state index in [1.807, 2.05) is 13.8 Å². The van der Waals surface area contributed by atoms with Gasteiger partial charge in [0, 0.05) is 5.54 Å². The first-order valence-electron chi connectivity index (χ1n) is 5.56. The van der Waals surface area contributed by atoms with Crippen LogP contribution in [0.3, 0.4) is 0 Å². The van der Waals surface area contributed by atoms with Crippen LogP contribution in [0, 0.1) is 0 Å². The molecule has 0 spiro atoms. The van der Waals surface area contributed by atoms with E-state index in [9.17, 15) is 10.2 Å². The van der Waals surface area contributed by atoms with E-state index in [0.717, 1.165) is 25.8 Å². The largest absolute Gasteiger partial charge is 0.394 e. The van der Waals surface area contributed by atoms with Gasteiger partial charge in [-0.1, -0.05) is 12.8 Å². The molecule has 0 aromatic heterocycles. The van der Waals surface area contributed by atoms with E-state index >= 15 is 0 Å². The van der Waals surface area contributed by atoms with E-state index < -0.39 is 5.60 Å². The summed E-state index contributed by atoms with van der Waals surface area (Å²) >= 11 is 0. The van der Waals surface area contributed by atoms with Gasteiger partial charge in [0.25, 0.3) is 0 Å². The number of nitrogens with one attached hydrogen (secondary N) is 1. The third-order valence-corrected chi connectivity index (χ3v) is 3.10. The van der Waals surface area contributed by atoms with Gasteiger partial charge in [0.1, 0.15) is 0 Å². The zero-order valence-electron chi connectivity index (χ0n) is 9.34. The van der Waals surface area contributed by atoms with Gasteiger partial charge in [0.15, 0.2) is 0 Å². The summed E-state index contributed by atoms with van der Waals surface area (Å²) < 4.78 is 0. The molecule has 0 radical (unpaired) electrons. The van der Waals surface area contributed by atoms with Crippen molar-refractivity contribution in [2.75, 3.05) is 13.2 Å². The molecular formula is C11H23NO2. The number of aliphatic hydroxyl groups is 2. The molecule has 1 aliphatic rings. The second-order valence-corrected chi connectivity index (χ2v) is 5.13. The van der Waals surface area contributed by atoms with Crippen molar-refractivity contribution < 1.29 is 10.2 Å². The lowest BCUT2D eigenvalue weighted by molar-refractivity contribution is 0.0651. The summed E-state index contributed by atoms with van der Waals surface area (Å²) in [5, 5.41) is 22.3. The number of rotatable bonds is 5. The molecule has 0 amide bonds. The van der Waals surface area contributed by atoms with Crippen LogP contribution in [0.5, 0.6) is 0 Å². The molecule has 1 aliphatic carbocycles. The van der Waals surface area contributed by atoms with Crippen molar-refractivity contribution in [1.29, 1.82) is 0 Å². The number of aliphatic hydroxyl groups excluding tert-OH is 1. The minimum Gasteiger partial charge on any atom is -0.394 e. The molecule has 3 N–H and O–H groups in total. The van der Waals surface area contributed by atoms with E-state index in [1.165, 1.54) is 12.8 Å². The molecule has 3 nitrogen and oxygen atoms in total. The Balaban J connectivity index is 2.28. The second-order valence-electron chi connectivity index (χ2n) is 5.13. The minimum absolute atomic E-state index is 0.0503. The van der Waals surface area contributed by atoms with Crippen molar-refractivity contribution in [2.45, 2.75) is 57.1 Å². The van der Waals surface area contributed by atoms with E-state index in [1.54, 1.807) is 0 Å². The van der Waals surface area contributed by atoms with Gasteiger partial charge >= 0.3 is 0 Å². The summed E-state index contributed by atoms with van der Waals surface area (Å²) in [5.74, 6) is 0. The first kappa shape index (κ1) is 12.0. The van der Waals surface area contributed by atoms with Gasteiger partial charge in [-0.3, -0.25) is 0 Å². The van der Waals surface area contributed by atoms with Crippen LogP contribution in [0.25, 0.3) is 0 Å². The maximum Gasteiger partial charge on any atom is 0.0613 e. The molecule has 0 aromatic carbocycles. The van der Waals surface area contributed by atoms with Crippen LogP contribution in [0.2, 0.25) is 0 Å². The van der Waals surface area contributed by atoms with Crippen LogP contribution < -0.4 is 5.32 Å². The average molecular weight is 201 g/mol. The second kappa shape index (κ2) is 4.60. The average Bonchev–Trinajstić information content (AvgIpc) is 2.52. The molecule has 0 unspecified atom stereocenters. The van der Waals surface area contributed by atoms with Gasteiger partial charge in [-0.25, -0.2) is 0 Å². The zero-order valence-corrected chi connectivity index (χ0v) is 9.34. The molecule has 1 rings (SSSR count). The Kier molecular flexibility index (Phi) is 3.93. The van der Waals surface area contributed by atoms with E-state index in [4.69, 9.17) is 0 Å². The Morgan fingerprint density at radius 1 is 1.29 bits per heavy atom. The lowest BCUT2D eigenvalue weighted by atomic mass is 9.97. The predicted molar refractivity (Wildman–Crippen MR) is 57.2 cm³/mol. The van der Waals surface area contributed by atoms with Crippen molar-refractivity contribution in [1.82, 2.24) is 5.32 Å². The Morgan fingerprint density at radius 3 is 2.29 bits per heavy atom. The smallest absolute Gasteiger partial charge is 0.0613 e. The summed E-state index contributed by atoms with van der Waals surface area (Å²) in [5.41, 5.74) is -0.659. The highest BCUT2D eigenvalue weighted by Gasteiger charge is 2.32. The van der Waals surface area contributed by atoms with Gasteiger partial charge in [-0.05, 0) is 39.7 Å². The van der Waals surface area contributed by atoms with Crippen LogP contribution in [0.15, 0.2) is 0 Å². The fourth-order valence-electron chi connectivity index (χ4n) is 2.08. The standard InChI is InChI=1S/C11H23NO2/c1-10(2,14)7-8-12-11(9-13)5-3-4-6-11/h12-14H,3-9H2,1-2H3. The number of hydrogen-bond donors (Lipinski definition) is 3. The third-order valence-electron chi connectivity index (χ3n) is 3.10. The molecule has 0 atom stereocenters. The topological polar surface area (TPSA) is 52.5 Å². The highest BCUT2D eigenvalue weighted by atomic mass is 16.3. The molecule has 0 aromatic rings. The molecule has 84 valence electrons. The summed E-state index contributed by atoms with van der Waals surface area (Å²) in [6.45, 7) is 4.63. The molecule has 3 heteroatoms. The molecule has 0 saturated heterocycles. The molecule has 0 bridgehead atoms. The Bertz CT molecular complexity index is 169. The van der Waals surface area contributed by atoms with Crippen LogP contribution in [-0.2, 0) is 0 Å². The lowest BCUT2D eigenvalue weighted by Gasteiger charge is -2.29. The van der Waals surface area contributed by atoms with Gasteiger partial charge in [0.2, 0.25) is 0 Å². The molecule has 14 heavy (non-hydrogen) atoms. The lowest BCUT2D eigenvalue weighted by Crippen LogP contribution is -2.47. The third kappa shape index (κ3) is 3.56. The fourth-order valence-corrected chi connectivity index (χ4v) is 2.08. The van der Waals surface area contributed by atoms with Gasteiger partial charge < -0.3 is 15.5 Å². The first-order valence-corrected chi connectivity index (χ1v) is 5.56. The van der Waals surface area contributed by atoms with Crippen LogP contribution >= 0.6 is 0 Å². The van der Waals surface area contributed by atoms with Crippen molar-refractivity contribution in [2.24, 2.45) is 0 Å². The maximum absolute atomic E-state index is 9.55. The summed E-state index contributed by atoms with van der Waals surface area (Å²) in [7, 11) is 0. The fraction of sp³-hybridized carbons (Fsp3) is 1.00. The van der Waals surface area contributed by atoms with Crippen molar-refractivity contribution >= 4 is 0 Å². The predicted octanol–water partition coefficient (Wildman–Crippen LogP) is 1.04. The monoisotopic (exact) mass is 201 g/mol. The first-order chi connectivity index (χ1) is 6.47. The quantitative estimate of drug-likeness (QED) is 0.623. The van der Waals surface area contributed by atoms with Gasteiger partial charge in [-0.2, -0.15) is 0 Å². The van der Waals surface area contributed by atoms with E-state index in [-0.39, 0.29) is 12.1 Å². The Morgan fingerprint density at radius 2 is 1.86 bits per heavy atom. The van der Waals surface area contributed by atoms with Crippen molar-refractivity contribution in [3.63, 3.8) is 0 Å². The Labute approximate surface area is 86.5 Å². The van der Waals surface area contributed by atoms with Crippen LogP contribution in [0.4, 0.5) is 0 Å².